The van der Waals surface area contributed by atoms with Crippen LogP contribution in [0.15, 0.2) is 0 Å². The molecule has 0 amide bonds. The van der Waals surface area contributed by atoms with Gasteiger partial charge in [-0.2, -0.15) is 0 Å². The summed E-state index contributed by atoms with van der Waals surface area (Å²) in [5.74, 6) is -0.496. The summed E-state index contributed by atoms with van der Waals surface area (Å²) in [7, 11) is 0. The number of carboxylic acid groups (broad SMARTS) is 1. The molecule has 0 aromatic rings. The first-order valence-electron chi connectivity index (χ1n) is 5.74. The summed E-state index contributed by atoms with van der Waals surface area (Å²) in [4.78, 5) is 13.1. The number of carbonyl (C=O) groups is 1. The van der Waals surface area contributed by atoms with E-state index in [1.54, 1.807) is 0 Å². The fourth-order valence-electron chi connectivity index (χ4n) is 2.72. The quantitative estimate of drug-likeness (QED) is 0.719. The lowest BCUT2D eigenvalue weighted by Gasteiger charge is -2.40. The Morgan fingerprint density at radius 3 is 2.53 bits per heavy atom. The molecule has 0 radical (unpaired) electrons. The molecule has 4 nitrogen and oxygen atoms in total. The molecule has 1 aliphatic heterocycles. The molecule has 0 spiro atoms. The summed E-state index contributed by atoms with van der Waals surface area (Å²) in [5.41, 5.74) is 0. The van der Waals surface area contributed by atoms with Crippen LogP contribution in [0.4, 0.5) is 0 Å². The van der Waals surface area contributed by atoms with E-state index in [-0.39, 0.29) is 18.1 Å². The summed E-state index contributed by atoms with van der Waals surface area (Å²) in [6, 6.07) is 0.228. The maximum Gasteiger partial charge on any atom is 0.308 e. The Morgan fingerprint density at radius 2 is 2.13 bits per heavy atom. The van der Waals surface area contributed by atoms with Crippen molar-refractivity contribution >= 4 is 5.97 Å². The molecule has 1 heterocycles. The van der Waals surface area contributed by atoms with Crippen molar-refractivity contribution in [2.75, 3.05) is 13.1 Å². The van der Waals surface area contributed by atoms with E-state index >= 15 is 0 Å². The zero-order chi connectivity index (χ0) is 11.0. The zero-order valence-electron chi connectivity index (χ0n) is 9.09. The van der Waals surface area contributed by atoms with Gasteiger partial charge in [0.1, 0.15) is 0 Å². The molecule has 1 saturated carbocycles. The molecule has 2 aliphatic rings. The van der Waals surface area contributed by atoms with Gasteiger partial charge in [-0.3, -0.25) is 9.69 Å². The molecule has 15 heavy (non-hydrogen) atoms. The molecule has 86 valence electrons. The molecular formula is C11H19NO3. The predicted octanol–water partition coefficient (Wildman–Crippen LogP) is 0.552. The average molecular weight is 213 g/mol. The maximum atomic E-state index is 10.9. The minimum absolute atomic E-state index is 0.169. The summed E-state index contributed by atoms with van der Waals surface area (Å²) in [6.07, 6.45) is 2.55. The Labute approximate surface area is 89.9 Å². The Morgan fingerprint density at radius 1 is 1.40 bits per heavy atom. The van der Waals surface area contributed by atoms with Crippen LogP contribution in [0.3, 0.4) is 0 Å². The van der Waals surface area contributed by atoms with Crippen LogP contribution in [0.5, 0.6) is 0 Å². The molecule has 0 aromatic heterocycles. The van der Waals surface area contributed by atoms with E-state index in [9.17, 15) is 9.90 Å². The van der Waals surface area contributed by atoms with E-state index < -0.39 is 5.97 Å². The van der Waals surface area contributed by atoms with Crippen molar-refractivity contribution in [3.63, 3.8) is 0 Å². The number of hydrogen-bond donors (Lipinski definition) is 2. The molecule has 1 aliphatic carbocycles. The predicted molar refractivity (Wildman–Crippen MR) is 55.5 cm³/mol. The second kappa shape index (κ2) is 4.10. The Bertz CT molecular complexity index is 254. The van der Waals surface area contributed by atoms with Gasteiger partial charge in [0.05, 0.1) is 12.0 Å². The highest BCUT2D eigenvalue weighted by molar-refractivity contribution is 5.72. The highest BCUT2D eigenvalue weighted by atomic mass is 16.4. The number of aliphatic hydroxyl groups is 1. The van der Waals surface area contributed by atoms with Crippen molar-refractivity contribution in [1.29, 1.82) is 0 Å². The Kier molecular flexibility index (Phi) is 2.98. The second-order valence-corrected chi connectivity index (χ2v) is 4.87. The van der Waals surface area contributed by atoms with Gasteiger partial charge in [-0.1, -0.05) is 0 Å². The van der Waals surface area contributed by atoms with Crippen LogP contribution in [0, 0.1) is 11.8 Å². The monoisotopic (exact) mass is 213 g/mol. The van der Waals surface area contributed by atoms with Crippen molar-refractivity contribution in [1.82, 2.24) is 4.90 Å². The van der Waals surface area contributed by atoms with Crippen LogP contribution in [-0.2, 0) is 4.79 Å². The van der Waals surface area contributed by atoms with Gasteiger partial charge >= 0.3 is 5.97 Å². The van der Waals surface area contributed by atoms with Crippen LogP contribution in [-0.4, -0.2) is 46.3 Å². The average Bonchev–Trinajstić information content (AvgIpc) is 2.49. The van der Waals surface area contributed by atoms with Gasteiger partial charge in [0, 0.05) is 12.6 Å². The van der Waals surface area contributed by atoms with Crippen molar-refractivity contribution in [2.24, 2.45) is 11.8 Å². The number of likely N-dealkylation sites (tertiary alicyclic amines) is 1. The van der Waals surface area contributed by atoms with E-state index in [2.05, 4.69) is 4.90 Å². The van der Waals surface area contributed by atoms with Crippen LogP contribution in [0.1, 0.15) is 26.2 Å². The Hall–Kier alpha value is -0.610. The van der Waals surface area contributed by atoms with Gasteiger partial charge in [-0.05, 0) is 38.6 Å². The number of aliphatic hydroxyl groups excluding tert-OH is 1. The van der Waals surface area contributed by atoms with Gasteiger partial charge in [0.2, 0.25) is 0 Å². The summed E-state index contributed by atoms with van der Waals surface area (Å²) in [5, 5.41) is 18.4. The van der Waals surface area contributed by atoms with Crippen LogP contribution in [0.25, 0.3) is 0 Å². The fourth-order valence-corrected chi connectivity index (χ4v) is 2.72. The minimum atomic E-state index is -0.660. The summed E-state index contributed by atoms with van der Waals surface area (Å²) < 4.78 is 0. The van der Waals surface area contributed by atoms with E-state index in [4.69, 9.17) is 5.11 Å². The van der Waals surface area contributed by atoms with Crippen molar-refractivity contribution in [3.8, 4) is 0 Å². The van der Waals surface area contributed by atoms with Crippen LogP contribution < -0.4 is 0 Å². The first-order chi connectivity index (χ1) is 7.09. The summed E-state index contributed by atoms with van der Waals surface area (Å²) in [6.45, 7) is 3.64. The fraction of sp³-hybridized carbons (Fsp3) is 0.909. The highest BCUT2D eigenvalue weighted by Crippen LogP contribution is 2.35. The third kappa shape index (κ3) is 2.01. The van der Waals surface area contributed by atoms with Crippen LogP contribution >= 0.6 is 0 Å². The first-order valence-corrected chi connectivity index (χ1v) is 5.74. The van der Waals surface area contributed by atoms with Gasteiger partial charge in [0.25, 0.3) is 0 Å². The molecule has 4 atom stereocenters. The molecule has 2 N–H and O–H groups in total. The molecule has 4 heteroatoms. The SMILES string of the molecule is CC(O)C1CCN(C2CCC2C(=O)O)C1. The maximum absolute atomic E-state index is 10.9. The molecular weight excluding hydrogens is 194 g/mol. The largest absolute Gasteiger partial charge is 0.481 e. The minimum Gasteiger partial charge on any atom is -0.481 e. The first kappa shape index (κ1) is 10.9. The van der Waals surface area contributed by atoms with Gasteiger partial charge in [0.15, 0.2) is 0 Å². The Balaban J connectivity index is 1.88. The standard InChI is InChI=1S/C11H19NO3/c1-7(13)8-4-5-12(6-8)10-3-2-9(10)11(14)15/h7-10,13H,2-6H2,1H3,(H,14,15). The lowest BCUT2D eigenvalue weighted by Crippen LogP contribution is -2.49. The molecule has 1 saturated heterocycles. The second-order valence-electron chi connectivity index (χ2n) is 4.87. The van der Waals surface area contributed by atoms with Gasteiger partial charge < -0.3 is 10.2 Å². The highest BCUT2D eigenvalue weighted by Gasteiger charge is 2.42. The van der Waals surface area contributed by atoms with E-state index in [0.717, 1.165) is 32.4 Å². The van der Waals surface area contributed by atoms with Crippen molar-refractivity contribution in [3.05, 3.63) is 0 Å². The number of nitrogens with zero attached hydrogens (tertiary/aromatic N) is 1. The van der Waals surface area contributed by atoms with E-state index in [1.807, 2.05) is 6.92 Å². The lowest BCUT2D eigenvalue weighted by molar-refractivity contribution is -0.148. The van der Waals surface area contributed by atoms with Crippen molar-refractivity contribution in [2.45, 2.75) is 38.3 Å². The molecule has 4 unspecified atom stereocenters. The number of hydrogen-bond acceptors (Lipinski definition) is 3. The molecule has 2 fully saturated rings. The third-order valence-corrected chi connectivity index (χ3v) is 3.96. The zero-order valence-corrected chi connectivity index (χ0v) is 9.09. The van der Waals surface area contributed by atoms with Crippen molar-refractivity contribution < 1.29 is 15.0 Å². The normalized spacial score (nSPS) is 38.7. The number of rotatable bonds is 3. The van der Waals surface area contributed by atoms with E-state index in [1.165, 1.54) is 0 Å². The number of carboxylic acids is 1. The lowest BCUT2D eigenvalue weighted by atomic mass is 9.78. The van der Waals surface area contributed by atoms with Gasteiger partial charge in [-0.25, -0.2) is 0 Å². The molecule has 0 aromatic carbocycles. The number of aliphatic carboxylic acids is 1. The van der Waals surface area contributed by atoms with Crippen LogP contribution in [0.2, 0.25) is 0 Å². The summed E-state index contributed by atoms with van der Waals surface area (Å²) >= 11 is 0. The van der Waals surface area contributed by atoms with Gasteiger partial charge in [-0.15, -0.1) is 0 Å². The van der Waals surface area contributed by atoms with E-state index in [0.29, 0.717) is 5.92 Å². The topological polar surface area (TPSA) is 60.8 Å². The smallest absolute Gasteiger partial charge is 0.308 e. The molecule has 2 rings (SSSR count). The third-order valence-electron chi connectivity index (χ3n) is 3.96. The molecule has 0 bridgehead atoms.